The van der Waals surface area contributed by atoms with Crippen LogP contribution in [0, 0.1) is 4.77 Å². The van der Waals surface area contributed by atoms with E-state index in [9.17, 15) is 0 Å². The van der Waals surface area contributed by atoms with Crippen molar-refractivity contribution in [2.75, 3.05) is 0 Å². The van der Waals surface area contributed by atoms with E-state index in [1.165, 1.54) is 17.2 Å². The van der Waals surface area contributed by atoms with Crippen molar-refractivity contribution in [3.8, 4) is 5.75 Å². The van der Waals surface area contributed by atoms with Crippen LogP contribution in [0.4, 0.5) is 0 Å². The molecule has 0 saturated heterocycles. The molecule has 0 atom stereocenters. The summed E-state index contributed by atoms with van der Waals surface area (Å²) in [6.45, 7) is 0.221. The fourth-order valence-electron chi connectivity index (χ4n) is 1.72. The van der Waals surface area contributed by atoms with Crippen LogP contribution in [-0.2, 0) is 6.61 Å². The van der Waals surface area contributed by atoms with Gasteiger partial charge in [-0.3, -0.25) is 5.10 Å². The maximum atomic E-state index is 6.03. The van der Waals surface area contributed by atoms with E-state index < -0.39 is 0 Å². The lowest BCUT2D eigenvalue weighted by molar-refractivity contribution is 0.270. The lowest BCUT2D eigenvalue weighted by Crippen LogP contribution is -1.94. The number of nitrogens with one attached hydrogen (secondary N) is 1. The second kappa shape index (κ2) is 6.99. The van der Waals surface area contributed by atoms with Crippen molar-refractivity contribution in [3.05, 3.63) is 63.0 Å². The number of H-pyrrole nitrogens is 1. The molecule has 0 bridgehead atoms. The maximum absolute atomic E-state index is 6.03. The summed E-state index contributed by atoms with van der Waals surface area (Å²) in [4.78, 5) is 0. The molecule has 2 heterocycles. The van der Waals surface area contributed by atoms with Crippen LogP contribution in [0.15, 0.2) is 46.2 Å². The first kappa shape index (κ1) is 15.8. The third kappa shape index (κ3) is 4.01. The van der Waals surface area contributed by atoms with Crippen LogP contribution >= 0.6 is 35.4 Å². The van der Waals surface area contributed by atoms with Crippen LogP contribution in [-0.4, -0.2) is 21.1 Å². The molecule has 0 amide bonds. The first-order valence-corrected chi connectivity index (χ1v) is 7.61. The summed E-state index contributed by atoms with van der Waals surface area (Å²) in [5.41, 5.74) is 0. The number of ether oxygens (including phenoxy) is 1. The first-order valence-electron chi connectivity index (χ1n) is 6.45. The van der Waals surface area contributed by atoms with Crippen LogP contribution in [0.5, 0.6) is 5.75 Å². The monoisotopic (exact) mass is 368 g/mol. The zero-order chi connectivity index (χ0) is 16.2. The Labute approximate surface area is 146 Å². The van der Waals surface area contributed by atoms with Crippen molar-refractivity contribution in [1.82, 2.24) is 14.9 Å². The van der Waals surface area contributed by atoms with E-state index in [4.69, 9.17) is 44.6 Å². The Morgan fingerprint density at radius 1 is 1.35 bits per heavy atom. The molecular formula is C14H10Cl2N4O2S. The fraction of sp³-hybridized carbons (Fsp3) is 0.0714. The molecule has 1 N–H and O–H groups in total. The van der Waals surface area contributed by atoms with Gasteiger partial charge in [0.1, 0.15) is 30.2 Å². The van der Waals surface area contributed by atoms with Crippen molar-refractivity contribution in [3.63, 3.8) is 0 Å². The molecule has 9 heteroatoms. The van der Waals surface area contributed by atoms with Crippen LogP contribution in [0.2, 0.25) is 10.0 Å². The molecule has 0 aliphatic carbocycles. The summed E-state index contributed by atoms with van der Waals surface area (Å²) in [5, 5.41) is 11.5. The molecule has 3 rings (SSSR count). The average Bonchev–Trinajstić information content (AvgIpc) is 3.15. The summed E-state index contributed by atoms with van der Waals surface area (Å²) in [7, 11) is 0. The lowest BCUT2D eigenvalue weighted by atomic mass is 10.3. The molecule has 1 aromatic carbocycles. The van der Waals surface area contributed by atoms with Crippen LogP contribution in [0.3, 0.4) is 0 Å². The quantitative estimate of drug-likeness (QED) is 0.538. The van der Waals surface area contributed by atoms with E-state index in [1.54, 1.807) is 30.3 Å². The molecule has 0 spiro atoms. The molecule has 6 nitrogen and oxygen atoms in total. The number of aromatic nitrogens is 3. The summed E-state index contributed by atoms with van der Waals surface area (Å²) in [6, 6.07) is 8.57. The van der Waals surface area contributed by atoms with Crippen molar-refractivity contribution in [2.24, 2.45) is 5.10 Å². The molecule has 0 aliphatic rings. The highest BCUT2D eigenvalue weighted by molar-refractivity contribution is 7.71. The Hall–Kier alpha value is -2.09. The van der Waals surface area contributed by atoms with Gasteiger partial charge in [0.15, 0.2) is 0 Å². The van der Waals surface area contributed by atoms with Crippen molar-refractivity contribution in [2.45, 2.75) is 6.61 Å². The molecule has 0 saturated carbocycles. The van der Waals surface area contributed by atoms with Gasteiger partial charge in [-0.2, -0.15) is 14.9 Å². The van der Waals surface area contributed by atoms with E-state index in [1.807, 2.05) is 0 Å². The molecule has 3 aromatic rings. The fourth-order valence-corrected chi connectivity index (χ4v) is 2.20. The highest BCUT2D eigenvalue weighted by Crippen LogP contribution is 2.28. The third-order valence-electron chi connectivity index (χ3n) is 2.79. The number of benzene rings is 1. The largest absolute Gasteiger partial charge is 0.484 e. The van der Waals surface area contributed by atoms with Gasteiger partial charge in [0, 0.05) is 11.1 Å². The van der Waals surface area contributed by atoms with Crippen LogP contribution in [0.25, 0.3) is 0 Å². The topological polar surface area (TPSA) is 68.3 Å². The second-order valence-electron chi connectivity index (χ2n) is 4.42. The number of rotatable bonds is 5. The van der Waals surface area contributed by atoms with Gasteiger partial charge in [-0.15, -0.1) is 0 Å². The third-order valence-corrected chi connectivity index (χ3v) is 3.62. The van der Waals surface area contributed by atoms with Gasteiger partial charge in [-0.1, -0.05) is 23.2 Å². The minimum Gasteiger partial charge on any atom is -0.484 e. The molecule has 0 aliphatic heterocycles. The van der Waals surface area contributed by atoms with E-state index in [0.29, 0.717) is 32.1 Å². The normalized spacial score (nSPS) is 11.2. The highest BCUT2D eigenvalue weighted by Gasteiger charge is 2.06. The Kier molecular flexibility index (Phi) is 4.80. The SMILES string of the molecule is S=c1[nH]ncn1/N=C\c1ccc(COc2cc(Cl)ccc2Cl)o1. The average molecular weight is 369 g/mol. The van der Waals surface area contributed by atoms with Crippen LogP contribution in [0.1, 0.15) is 11.5 Å². The smallest absolute Gasteiger partial charge is 0.216 e. The zero-order valence-corrected chi connectivity index (χ0v) is 13.9. The van der Waals surface area contributed by atoms with Gasteiger partial charge in [-0.05, 0) is 36.5 Å². The minimum atomic E-state index is 0.221. The molecule has 0 fully saturated rings. The molecule has 23 heavy (non-hydrogen) atoms. The summed E-state index contributed by atoms with van der Waals surface area (Å²) < 4.78 is 13.0. The highest BCUT2D eigenvalue weighted by atomic mass is 35.5. The van der Waals surface area contributed by atoms with Gasteiger partial charge in [0.2, 0.25) is 4.77 Å². The Morgan fingerprint density at radius 3 is 3.00 bits per heavy atom. The summed E-state index contributed by atoms with van der Waals surface area (Å²) >= 11 is 16.9. The van der Waals surface area contributed by atoms with Crippen molar-refractivity contribution < 1.29 is 9.15 Å². The number of hydrogen-bond acceptors (Lipinski definition) is 5. The van der Waals surface area contributed by atoms with Gasteiger partial charge in [-0.25, -0.2) is 0 Å². The van der Waals surface area contributed by atoms with E-state index in [0.717, 1.165) is 0 Å². The Balaban J connectivity index is 1.65. The van der Waals surface area contributed by atoms with Crippen molar-refractivity contribution in [1.29, 1.82) is 0 Å². The van der Waals surface area contributed by atoms with E-state index >= 15 is 0 Å². The standard InChI is InChI=1S/C14H10Cl2N4O2S/c15-9-1-4-12(16)13(5-9)21-7-11-3-2-10(22-11)6-18-20-8-17-19-14(20)23/h1-6,8H,7H2,(H,19,23)/b18-6-. The first-order chi connectivity index (χ1) is 11.1. The second-order valence-corrected chi connectivity index (χ2v) is 5.65. The molecule has 0 unspecified atom stereocenters. The Bertz CT molecular complexity index is 900. The zero-order valence-electron chi connectivity index (χ0n) is 11.6. The maximum Gasteiger partial charge on any atom is 0.216 e. The predicted octanol–water partition coefficient (Wildman–Crippen LogP) is 4.30. The van der Waals surface area contributed by atoms with Gasteiger partial charge in [0.25, 0.3) is 0 Å². The predicted molar refractivity (Wildman–Crippen MR) is 89.9 cm³/mol. The molecule has 118 valence electrons. The summed E-state index contributed by atoms with van der Waals surface area (Å²) in [5.74, 6) is 1.68. The van der Waals surface area contributed by atoms with Crippen molar-refractivity contribution >= 4 is 41.6 Å². The number of halogens is 2. The van der Waals surface area contributed by atoms with Gasteiger partial charge < -0.3 is 9.15 Å². The van der Waals surface area contributed by atoms with Crippen LogP contribution < -0.4 is 4.74 Å². The Morgan fingerprint density at radius 2 is 2.22 bits per heavy atom. The number of furan rings is 1. The number of nitrogens with zero attached hydrogens (tertiary/aromatic N) is 3. The van der Waals surface area contributed by atoms with Gasteiger partial charge in [0.05, 0.1) is 11.2 Å². The summed E-state index contributed by atoms with van der Waals surface area (Å²) in [6.07, 6.45) is 2.99. The van der Waals surface area contributed by atoms with E-state index in [-0.39, 0.29) is 6.61 Å². The van der Waals surface area contributed by atoms with Gasteiger partial charge >= 0.3 is 0 Å². The van der Waals surface area contributed by atoms with E-state index in [2.05, 4.69) is 15.3 Å². The number of aromatic amines is 1. The lowest BCUT2D eigenvalue weighted by Gasteiger charge is -2.06. The molecular weight excluding hydrogens is 359 g/mol. The number of hydrogen-bond donors (Lipinski definition) is 1. The molecule has 0 radical (unpaired) electrons. The molecule has 2 aromatic heterocycles. The minimum absolute atomic E-state index is 0.221.